The van der Waals surface area contributed by atoms with E-state index in [4.69, 9.17) is 17.3 Å². The quantitative estimate of drug-likeness (QED) is 0.844. The predicted octanol–water partition coefficient (Wildman–Crippen LogP) is 3.87. The molecule has 80 valence electrons. The van der Waals surface area contributed by atoms with Gasteiger partial charge in [0.2, 0.25) is 0 Å². The molecule has 0 spiro atoms. The minimum atomic E-state index is 0. The Morgan fingerprint density at radius 2 is 2.07 bits per heavy atom. The van der Waals surface area contributed by atoms with Crippen molar-refractivity contribution in [3.63, 3.8) is 0 Å². The van der Waals surface area contributed by atoms with Crippen LogP contribution >= 0.6 is 24.0 Å². The first kappa shape index (κ1) is 13.8. The summed E-state index contributed by atoms with van der Waals surface area (Å²) in [6.45, 7) is 4.18. The van der Waals surface area contributed by atoms with Gasteiger partial charge in [-0.05, 0) is 30.5 Å². The van der Waals surface area contributed by atoms with Gasteiger partial charge < -0.3 is 5.73 Å². The number of aryl methyl sites for hydroxylation is 1. The molecule has 1 aromatic carbocycles. The summed E-state index contributed by atoms with van der Waals surface area (Å²) in [5, 5.41) is 0.793. The summed E-state index contributed by atoms with van der Waals surface area (Å²) in [6, 6.07) is 5.99. The van der Waals surface area contributed by atoms with Crippen LogP contribution in [0.5, 0.6) is 0 Å². The zero-order valence-electron chi connectivity index (χ0n) is 8.59. The highest BCUT2D eigenvalue weighted by atomic mass is 35.5. The fraction of sp³-hybridized carbons (Fsp3) is 0.455. The van der Waals surface area contributed by atoms with E-state index in [0.717, 1.165) is 23.4 Å². The van der Waals surface area contributed by atoms with Gasteiger partial charge in [0.15, 0.2) is 0 Å². The molecule has 1 aromatic rings. The molecule has 3 heteroatoms. The Balaban J connectivity index is 0.00000169. The molecule has 0 aliphatic rings. The monoisotopic (exact) mass is 233 g/mol. The highest BCUT2D eigenvalue weighted by molar-refractivity contribution is 6.31. The average molecular weight is 234 g/mol. The van der Waals surface area contributed by atoms with Crippen molar-refractivity contribution in [3.8, 4) is 0 Å². The van der Waals surface area contributed by atoms with Crippen LogP contribution in [0.1, 0.15) is 36.9 Å². The Morgan fingerprint density at radius 1 is 1.43 bits per heavy atom. The molecule has 0 saturated carbocycles. The van der Waals surface area contributed by atoms with Crippen molar-refractivity contribution in [2.75, 3.05) is 0 Å². The average Bonchev–Trinajstić information content (AvgIpc) is 2.04. The van der Waals surface area contributed by atoms with Gasteiger partial charge in [0.1, 0.15) is 0 Å². The van der Waals surface area contributed by atoms with Crippen molar-refractivity contribution in [1.82, 2.24) is 0 Å². The highest BCUT2D eigenvalue weighted by Gasteiger charge is 2.11. The van der Waals surface area contributed by atoms with Crippen LogP contribution in [-0.2, 0) is 0 Å². The molecule has 0 unspecified atom stereocenters. The molecule has 0 amide bonds. The van der Waals surface area contributed by atoms with Gasteiger partial charge in [0.05, 0.1) is 0 Å². The summed E-state index contributed by atoms with van der Waals surface area (Å²) in [4.78, 5) is 0. The molecule has 2 N–H and O–H groups in total. The van der Waals surface area contributed by atoms with Gasteiger partial charge in [-0.15, -0.1) is 12.4 Å². The molecule has 0 heterocycles. The predicted molar refractivity (Wildman–Crippen MR) is 65.3 cm³/mol. The van der Waals surface area contributed by atoms with Crippen molar-refractivity contribution in [2.45, 2.75) is 32.7 Å². The lowest BCUT2D eigenvalue weighted by molar-refractivity contribution is 0.635. The van der Waals surface area contributed by atoms with Crippen molar-refractivity contribution >= 4 is 24.0 Å². The molecule has 0 aliphatic heterocycles. The number of halogens is 2. The molecular formula is C11H17Cl2N. The third-order valence-corrected chi connectivity index (χ3v) is 2.57. The van der Waals surface area contributed by atoms with E-state index >= 15 is 0 Å². The lowest BCUT2D eigenvalue weighted by atomic mass is 9.98. The summed E-state index contributed by atoms with van der Waals surface area (Å²) in [7, 11) is 0. The Morgan fingerprint density at radius 3 is 2.57 bits per heavy atom. The zero-order chi connectivity index (χ0) is 9.84. The maximum Gasteiger partial charge on any atom is 0.0456 e. The number of hydrogen-bond donors (Lipinski definition) is 1. The summed E-state index contributed by atoms with van der Waals surface area (Å²) in [5.41, 5.74) is 8.31. The van der Waals surface area contributed by atoms with Crippen molar-refractivity contribution in [2.24, 2.45) is 5.73 Å². The molecule has 0 aromatic heterocycles. The van der Waals surface area contributed by atoms with E-state index in [1.165, 1.54) is 5.56 Å². The fourth-order valence-electron chi connectivity index (χ4n) is 1.57. The van der Waals surface area contributed by atoms with Crippen molar-refractivity contribution in [1.29, 1.82) is 0 Å². The smallest absolute Gasteiger partial charge is 0.0456 e. The van der Waals surface area contributed by atoms with E-state index in [-0.39, 0.29) is 18.4 Å². The van der Waals surface area contributed by atoms with Crippen LogP contribution in [0.2, 0.25) is 5.02 Å². The zero-order valence-corrected chi connectivity index (χ0v) is 10.2. The van der Waals surface area contributed by atoms with Gasteiger partial charge in [-0.25, -0.2) is 0 Å². The van der Waals surface area contributed by atoms with Gasteiger partial charge in [0.25, 0.3) is 0 Å². The largest absolute Gasteiger partial charge is 0.324 e. The summed E-state index contributed by atoms with van der Waals surface area (Å²) >= 11 is 6.08. The second-order valence-electron chi connectivity index (χ2n) is 3.37. The summed E-state index contributed by atoms with van der Waals surface area (Å²) in [5.74, 6) is 0. The van der Waals surface area contributed by atoms with Crippen molar-refractivity contribution < 1.29 is 0 Å². The molecular weight excluding hydrogens is 217 g/mol. The third-order valence-electron chi connectivity index (χ3n) is 2.24. The Hall–Kier alpha value is -0.240. The van der Waals surface area contributed by atoms with Crippen LogP contribution in [0.4, 0.5) is 0 Å². The molecule has 0 saturated heterocycles. The van der Waals surface area contributed by atoms with Crippen LogP contribution in [-0.4, -0.2) is 0 Å². The SMILES string of the molecule is CCC[C@H](N)c1c(C)cccc1Cl.Cl. The Bertz CT molecular complexity index is 266. The minimum Gasteiger partial charge on any atom is -0.324 e. The van der Waals surface area contributed by atoms with Crippen LogP contribution in [0, 0.1) is 6.92 Å². The van der Waals surface area contributed by atoms with Crippen LogP contribution in [0.25, 0.3) is 0 Å². The first-order valence-corrected chi connectivity index (χ1v) is 5.05. The van der Waals surface area contributed by atoms with E-state index in [9.17, 15) is 0 Å². The van der Waals surface area contributed by atoms with Gasteiger partial charge in [-0.1, -0.05) is 37.1 Å². The lowest BCUT2D eigenvalue weighted by Crippen LogP contribution is -2.11. The first-order valence-electron chi connectivity index (χ1n) is 4.67. The number of rotatable bonds is 3. The minimum absolute atomic E-state index is 0. The summed E-state index contributed by atoms with van der Waals surface area (Å²) in [6.07, 6.45) is 2.08. The second-order valence-corrected chi connectivity index (χ2v) is 3.77. The fourth-order valence-corrected chi connectivity index (χ4v) is 1.93. The Kier molecular flexibility index (Phi) is 6.17. The number of hydrogen-bond acceptors (Lipinski definition) is 1. The van der Waals surface area contributed by atoms with E-state index < -0.39 is 0 Å². The normalized spacial score (nSPS) is 12.0. The molecule has 0 aliphatic carbocycles. The first-order chi connectivity index (χ1) is 6.16. The van der Waals surface area contributed by atoms with Crippen LogP contribution < -0.4 is 5.73 Å². The summed E-state index contributed by atoms with van der Waals surface area (Å²) < 4.78 is 0. The second kappa shape index (κ2) is 6.28. The van der Waals surface area contributed by atoms with E-state index in [0.29, 0.717) is 0 Å². The van der Waals surface area contributed by atoms with Gasteiger partial charge in [-0.3, -0.25) is 0 Å². The third kappa shape index (κ3) is 3.16. The van der Waals surface area contributed by atoms with Gasteiger partial charge in [0, 0.05) is 11.1 Å². The van der Waals surface area contributed by atoms with Gasteiger partial charge >= 0.3 is 0 Å². The van der Waals surface area contributed by atoms with Crippen LogP contribution in [0.15, 0.2) is 18.2 Å². The molecule has 14 heavy (non-hydrogen) atoms. The van der Waals surface area contributed by atoms with E-state index in [1.807, 2.05) is 12.1 Å². The Labute approximate surface area is 97.1 Å². The van der Waals surface area contributed by atoms with Gasteiger partial charge in [-0.2, -0.15) is 0 Å². The topological polar surface area (TPSA) is 26.0 Å². The van der Waals surface area contributed by atoms with E-state index in [1.54, 1.807) is 0 Å². The maximum absolute atomic E-state index is 6.08. The van der Waals surface area contributed by atoms with E-state index in [2.05, 4.69) is 19.9 Å². The number of nitrogens with two attached hydrogens (primary N) is 1. The standard InChI is InChI=1S/C11H16ClN.ClH/c1-3-5-10(13)11-8(2)6-4-7-9(11)12;/h4,6-7,10H,3,5,13H2,1-2H3;1H/t10-;/m0./s1. The van der Waals surface area contributed by atoms with Crippen LogP contribution in [0.3, 0.4) is 0 Å². The highest BCUT2D eigenvalue weighted by Crippen LogP contribution is 2.27. The number of benzene rings is 1. The van der Waals surface area contributed by atoms with Crippen molar-refractivity contribution in [3.05, 3.63) is 34.3 Å². The lowest BCUT2D eigenvalue weighted by Gasteiger charge is -2.15. The molecule has 1 nitrogen and oxygen atoms in total. The molecule has 1 rings (SSSR count). The molecule has 1 atom stereocenters. The molecule has 0 radical (unpaired) electrons. The molecule has 0 bridgehead atoms. The molecule has 0 fully saturated rings. The maximum atomic E-state index is 6.08.